The summed E-state index contributed by atoms with van der Waals surface area (Å²) >= 11 is 0. The molecule has 0 saturated carbocycles. The first-order valence-electron chi connectivity index (χ1n) is 5.92. The van der Waals surface area contributed by atoms with E-state index in [0.29, 0.717) is 0 Å². The summed E-state index contributed by atoms with van der Waals surface area (Å²) in [4.78, 5) is 0. The van der Waals surface area contributed by atoms with Crippen molar-refractivity contribution in [1.29, 1.82) is 0 Å². The monoisotopic (exact) mass is 194 g/mol. The Morgan fingerprint density at radius 1 is 1.29 bits per heavy atom. The van der Waals surface area contributed by atoms with Crippen molar-refractivity contribution in [3.63, 3.8) is 0 Å². The smallest absolute Gasteiger partial charge is 0.0260 e. The van der Waals surface area contributed by atoms with Gasteiger partial charge in [-0.05, 0) is 45.4 Å². The SMILES string of the molecule is C/C=C(\C)CCC/C=C(\CC)C(C)C. The minimum absolute atomic E-state index is 0.725. The van der Waals surface area contributed by atoms with Crippen molar-refractivity contribution in [1.82, 2.24) is 0 Å². The zero-order valence-electron chi connectivity index (χ0n) is 10.6. The van der Waals surface area contributed by atoms with E-state index in [2.05, 4.69) is 46.8 Å². The van der Waals surface area contributed by atoms with E-state index < -0.39 is 0 Å². The molecule has 0 aliphatic carbocycles. The van der Waals surface area contributed by atoms with Gasteiger partial charge in [0.1, 0.15) is 0 Å². The predicted molar refractivity (Wildman–Crippen MR) is 66.5 cm³/mol. The third-order valence-corrected chi connectivity index (χ3v) is 2.82. The maximum Gasteiger partial charge on any atom is -0.0260 e. The molecule has 82 valence electrons. The Labute approximate surface area is 90.1 Å². The van der Waals surface area contributed by atoms with E-state index in [1.165, 1.54) is 31.3 Å². The molecule has 0 heterocycles. The van der Waals surface area contributed by atoms with Gasteiger partial charge in [0.05, 0.1) is 0 Å². The van der Waals surface area contributed by atoms with Gasteiger partial charge in [0.2, 0.25) is 0 Å². The first-order valence-corrected chi connectivity index (χ1v) is 5.92. The molecule has 0 radical (unpaired) electrons. The molecule has 0 aromatic heterocycles. The molecule has 0 nitrogen and oxygen atoms in total. The lowest BCUT2D eigenvalue weighted by Gasteiger charge is -2.08. The molecule has 0 fully saturated rings. The van der Waals surface area contributed by atoms with Gasteiger partial charge in [0.15, 0.2) is 0 Å². The first-order chi connectivity index (χ1) is 6.61. The van der Waals surface area contributed by atoms with Crippen LogP contribution in [0.15, 0.2) is 23.3 Å². The number of rotatable bonds is 6. The van der Waals surface area contributed by atoms with Gasteiger partial charge in [-0.2, -0.15) is 0 Å². The average molecular weight is 194 g/mol. The Morgan fingerprint density at radius 2 is 1.93 bits per heavy atom. The quantitative estimate of drug-likeness (QED) is 0.407. The molecular formula is C14H26. The van der Waals surface area contributed by atoms with Gasteiger partial charge >= 0.3 is 0 Å². The Kier molecular flexibility index (Phi) is 7.55. The zero-order valence-corrected chi connectivity index (χ0v) is 10.6. The molecule has 0 bridgehead atoms. The summed E-state index contributed by atoms with van der Waals surface area (Å²) < 4.78 is 0. The summed E-state index contributed by atoms with van der Waals surface area (Å²) in [5, 5.41) is 0. The summed E-state index contributed by atoms with van der Waals surface area (Å²) in [7, 11) is 0. The molecule has 0 amide bonds. The number of hydrogen-bond donors (Lipinski definition) is 0. The Morgan fingerprint density at radius 3 is 2.36 bits per heavy atom. The summed E-state index contributed by atoms with van der Waals surface area (Å²) in [5.74, 6) is 0.725. The van der Waals surface area contributed by atoms with E-state index in [4.69, 9.17) is 0 Å². The predicted octanol–water partition coefficient (Wildman–Crippen LogP) is 5.12. The van der Waals surface area contributed by atoms with Crippen LogP contribution in [0.25, 0.3) is 0 Å². The largest absolute Gasteiger partial charge is 0.0887 e. The second kappa shape index (κ2) is 7.84. The van der Waals surface area contributed by atoms with Gasteiger partial charge in [-0.25, -0.2) is 0 Å². The topological polar surface area (TPSA) is 0 Å². The van der Waals surface area contributed by atoms with E-state index in [1.54, 1.807) is 5.57 Å². The molecule has 0 rings (SSSR count). The minimum Gasteiger partial charge on any atom is -0.0887 e. The molecule has 0 aliphatic rings. The molecule has 0 unspecified atom stereocenters. The standard InChI is InChI=1S/C14H26/c1-6-13(5)10-8-9-11-14(7-2)12(3)4/h6,11-12H,7-10H2,1-5H3/b13-6+,14-11+. The van der Waals surface area contributed by atoms with Crippen molar-refractivity contribution < 1.29 is 0 Å². The summed E-state index contributed by atoms with van der Waals surface area (Å²) in [5.41, 5.74) is 3.13. The van der Waals surface area contributed by atoms with Crippen molar-refractivity contribution in [3.05, 3.63) is 23.3 Å². The number of hydrogen-bond acceptors (Lipinski definition) is 0. The second-order valence-electron chi connectivity index (χ2n) is 4.31. The Bertz CT molecular complexity index is 194. The third kappa shape index (κ3) is 6.01. The van der Waals surface area contributed by atoms with Crippen LogP contribution in [-0.2, 0) is 0 Å². The van der Waals surface area contributed by atoms with Crippen LogP contribution in [0.2, 0.25) is 0 Å². The van der Waals surface area contributed by atoms with Crippen molar-refractivity contribution >= 4 is 0 Å². The van der Waals surface area contributed by atoms with Crippen LogP contribution in [0.4, 0.5) is 0 Å². The highest BCUT2D eigenvalue weighted by Gasteiger charge is 1.98. The van der Waals surface area contributed by atoms with E-state index in [1.807, 2.05) is 0 Å². The van der Waals surface area contributed by atoms with Crippen molar-refractivity contribution in [3.8, 4) is 0 Å². The first kappa shape index (κ1) is 13.5. The Hall–Kier alpha value is -0.520. The maximum atomic E-state index is 2.44. The van der Waals surface area contributed by atoms with E-state index in [0.717, 1.165) is 5.92 Å². The van der Waals surface area contributed by atoms with Gasteiger partial charge in [0, 0.05) is 0 Å². The highest BCUT2D eigenvalue weighted by molar-refractivity contribution is 5.04. The van der Waals surface area contributed by atoms with Crippen molar-refractivity contribution in [2.45, 2.75) is 60.3 Å². The molecule has 0 spiro atoms. The van der Waals surface area contributed by atoms with Gasteiger partial charge in [-0.15, -0.1) is 0 Å². The molecular weight excluding hydrogens is 168 g/mol. The van der Waals surface area contributed by atoms with E-state index >= 15 is 0 Å². The van der Waals surface area contributed by atoms with Crippen LogP contribution in [0, 0.1) is 5.92 Å². The number of allylic oxidation sites excluding steroid dienone is 4. The molecule has 0 saturated heterocycles. The van der Waals surface area contributed by atoms with Gasteiger partial charge in [0.25, 0.3) is 0 Å². The van der Waals surface area contributed by atoms with Crippen LogP contribution in [0.1, 0.15) is 60.3 Å². The highest BCUT2D eigenvalue weighted by atomic mass is 14.0. The minimum atomic E-state index is 0.725. The lowest BCUT2D eigenvalue weighted by Crippen LogP contribution is -1.92. The summed E-state index contributed by atoms with van der Waals surface area (Å²) in [6.07, 6.45) is 9.65. The number of unbranched alkanes of at least 4 members (excludes halogenated alkanes) is 1. The lowest BCUT2D eigenvalue weighted by atomic mass is 9.98. The molecule has 0 heteroatoms. The van der Waals surface area contributed by atoms with E-state index in [9.17, 15) is 0 Å². The van der Waals surface area contributed by atoms with Gasteiger partial charge < -0.3 is 0 Å². The van der Waals surface area contributed by atoms with Crippen molar-refractivity contribution in [2.75, 3.05) is 0 Å². The van der Waals surface area contributed by atoms with Crippen molar-refractivity contribution in [2.24, 2.45) is 5.92 Å². The van der Waals surface area contributed by atoms with Crippen LogP contribution in [0.3, 0.4) is 0 Å². The second-order valence-corrected chi connectivity index (χ2v) is 4.31. The molecule has 14 heavy (non-hydrogen) atoms. The fourth-order valence-corrected chi connectivity index (χ4v) is 1.60. The van der Waals surface area contributed by atoms with Crippen LogP contribution in [-0.4, -0.2) is 0 Å². The fourth-order valence-electron chi connectivity index (χ4n) is 1.60. The molecule has 0 aliphatic heterocycles. The molecule has 0 aromatic carbocycles. The highest BCUT2D eigenvalue weighted by Crippen LogP contribution is 2.16. The average Bonchev–Trinajstić information content (AvgIpc) is 2.16. The van der Waals surface area contributed by atoms with E-state index in [-0.39, 0.29) is 0 Å². The normalized spacial score (nSPS) is 13.9. The Balaban J connectivity index is 3.80. The maximum absolute atomic E-state index is 2.44. The third-order valence-electron chi connectivity index (χ3n) is 2.82. The van der Waals surface area contributed by atoms with Crippen LogP contribution in [0.5, 0.6) is 0 Å². The molecule has 0 atom stereocenters. The van der Waals surface area contributed by atoms with Crippen LogP contribution >= 0.6 is 0 Å². The van der Waals surface area contributed by atoms with Gasteiger partial charge in [-0.1, -0.05) is 44.1 Å². The molecule has 0 N–H and O–H groups in total. The summed E-state index contributed by atoms with van der Waals surface area (Å²) in [6.45, 7) is 11.2. The lowest BCUT2D eigenvalue weighted by molar-refractivity contribution is 0.715. The fraction of sp³-hybridized carbons (Fsp3) is 0.714. The van der Waals surface area contributed by atoms with Crippen LogP contribution < -0.4 is 0 Å². The zero-order chi connectivity index (χ0) is 11.0. The molecule has 0 aromatic rings. The van der Waals surface area contributed by atoms with Gasteiger partial charge in [-0.3, -0.25) is 0 Å². The summed E-state index contributed by atoms with van der Waals surface area (Å²) in [6, 6.07) is 0.